The summed E-state index contributed by atoms with van der Waals surface area (Å²) in [5.74, 6) is 0.132. The van der Waals surface area contributed by atoms with Gasteiger partial charge in [-0.25, -0.2) is 8.42 Å². The molecule has 4 aliphatic heterocycles. The predicted molar refractivity (Wildman–Crippen MR) is 96.6 cm³/mol. The van der Waals surface area contributed by atoms with Crippen LogP contribution in [-0.4, -0.2) is 8.42 Å². The third kappa shape index (κ3) is 3.81. The zero-order valence-corrected chi connectivity index (χ0v) is 16.0. The van der Waals surface area contributed by atoms with Crippen molar-refractivity contribution in [2.24, 2.45) is 0 Å². The van der Waals surface area contributed by atoms with Crippen molar-refractivity contribution in [3.63, 3.8) is 0 Å². The fourth-order valence-electron chi connectivity index (χ4n) is 2.77. The van der Waals surface area contributed by atoms with Crippen molar-refractivity contribution in [3.8, 4) is 0 Å². The highest BCUT2D eigenvalue weighted by Crippen LogP contribution is 2.26. The molecule has 0 saturated carbocycles. The van der Waals surface area contributed by atoms with E-state index in [9.17, 15) is 8.42 Å². The van der Waals surface area contributed by atoms with Gasteiger partial charge in [-0.05, 0) is 53.6 Å². The molecule has 4 bridgehead atoms. The molecule has 6 rings (SSSR count). The van der Waals surface area contributed by atoms with E-state index in [1.165, 1.54) is 11.1 Å². The van der Waals surface area contributed by atoms with Crippen molar-refractivity contribution in [1.82, 2.24) is 0 Å². The van der Waals surface area contributed by atoms with Gasteiger partial charge in [-0.2, -0.15) is 0 Å². The van der Waals surface area contributed by atoms with Crippen LogP contribution in [-0.2, 0) is 34.2 Å². The molecule has 0 aliphatic carbocycles. The maximum Gasteiger partial charge on any atom is 0.158 e. The summed E-state index contributed by atoms with van der Waals surface area (Å²) in [6.07, 6.45) is 3.04. The second kappa shape index (κ2) is 6.46. The van der Waals surface area contributed by atoms with Crippen LogP contribution in [0.2, 0.25) is 0 Å². The molecule has 0 aromatic heterocycles. The molecule has 0 saturated heterocycles. The van der Waals surface area contributed by atoms with Gasteiger partial charge in [0.05, 0.1) is 11.5 Å². The molecule has 0 N–H and O–H groups in total. The highest BCUT2D eigenvalue weighted by Gasteiger charge is 2.17. The number of rotatable bonds is 0. The first-order valence-electron chi connectivity index (χ1n) is 7.18. The van der Waals surface area contributed by atoms with E-state index in [0.29, 0.717) is 0 Å². The first kappa shape index (κ1) is 16.2. The Morgan fingerprint density at radius 2 is 1.41 bits per heavy atom. The fraction of sp³-hybridized carbons (Fsp3) is 0.294. The number of hydrogen-bond acceptors (Lipinski definition) is 2. The SMILES string of the molecule is O=S1(=O)Cc2ccc(c(Br)c2)CCCc2ccc(c(Br)c2)C1. The summed E-state index contributed by atoms with van der Waals surface area (Å²) in [6, 6.07) is 11.9. The molecular formula is C17H16Br2O2S. The molecule has 4 heterocycles. The third-order valence-corrected chi connectivity index (χ3v) is 6.91. The van der Waals surface area contributed by atoms with E-state index in [1.54, 1.807) is 0 Å². The highest BCUT2D eigenvalue weighted by atomic mass is 79.9. The first-order valence-corrected chi connectivity index (χ1v) is 10.6. The molecule has 2 nitrogen and oxygen atoms in total. The maximum atomic E-state index is 12.5. The number of halogens is 2. The van der Waals surface area contributed by atoms with Crippen LogP contribution >= 0.6 is 31.9 Å². The second-order valence-corrected chi connectivity index (χ2v) is 9.51. The Balaban J connectivity index is 2.03. The quantitative estimate of drug-likeness (QED) is 0.585. The zero-order chi connectivity index (χ0) is 15.7. The fourth-order valence-corrected chi connectivity index (χ4v) is 5.66. The van der Waals surface area contributed by atoms with Gasteiger partial charge in [-0.15, -0.1) is 0 Å². The summed E-state index contributed by atoms with van der Waals surface area (Å²) in [7, 11) is -3.19. The minimum Gasteiger partial charge on any atom is -0.228 e. The Morgan fingerprint density at radius 3 is 2.14 bits per heavy atom. The van der Waals surface area contributed by atoms with E-state index in [4.69, 9.17) is 0 Å². The van der Waals surface area contributed by atoms with Crippen LogP contribution in [0, 0.1) is 0 Å². The van der Waals surface area contributed by atoms with Crippen LogP contribution < -0.4 is 0 Å². The van der Waals surface area contributed by atoms with Crippen molar-refractivity contribution in [2.75, 3.05) is 0 Å². The molecule has 0 radical (unpaired) electrons. The molecule has 0 amide bonds. The average Bonchev–Trinajstić information content (AvgIpc) is 2.43. The van der Waals surface area contributed by atoms with Crippen LogP contribution in [0.5, 0.6) is 0 Å². The Bertz CT molecular complexity index is 813. The van der Waals surface area contributed by atoms with Gasteiger partial charge >= 0.3 is 0 Å². The largest absolute Gasteiger partial charge is 0.228 e. The molecule has 0 fully saturated rings. The summed E-state index contributed by atoms with van der Waals surface area (Å²) >= 11 is 7.08. The van der Waals surface area contributed by atoms with Crippen molar-refractivity contribution in [1.29, 1.82) is 0 Å². The summed E-state index contributed by atoms with van der Waals surface area (Å²) in [5.41, 5.74) is 4.13. The lowest BCUT2D eigenvalue weighted by molar-refractivity contribution is 0.594. The van der Waals surface area contributed by atoms with Crippen molar-refractivity contribution >= 4 is 41.7 Å². The Hall–Kier alpha value is -0.650. The molecule has 0 spiro atoms. The van der Waals surface area contributed by atoms with E-state index in [0.717, 1.165) is 39.3 Å². The number of aryl methyl sites for hydroxylation is 2. The van der Waals surface area contributed by atoms with E-state index in [1.807, 2.05) is 36.4 Å². The van der Waals surface area contributed by atoms with Crippen LogP contribution in [0.25, 0.3) is 0 Å². The molecule has 0 unspecified atom stereocenters. The van der Waals surface area contributed by atoms with Crippen LogP contribution in [0.15, 0.2) is 45.3 Å². The third-order valence-electron chi connectivity index (χ3n) is 3.91. The molecule has 22 heavy (non-hydrogen) atoms. The second-order valence-electron chi connectivity index (χ2n) is 5.74. The summed E-state index contributed by atoms with van der Waals surface area (Å²) in [6.45, 7) is 0. The monoisotopic (exact) mass is 442 g/mol. The predicted octanol–water partition coefficient (Wildman–Crippen LogP) is 4.82. The molecule has 5 heteroatoms. The van der Waals surface area contributed by atoms with E-state index >= 15 is 0 Å². The summed E-state index contributed by atoms with van der Waals surface area (Å²) in [5, 5.41) is 0. The van der Waals surface area contributed by atoms with E-state index < -0.39 is 9.84 Å². The van der Waals surface area contributed by atoms with Crippen LogP contribution in [0.1, 0.15) is 28.7 Å². The minimum atomic E-state index is -3.19. The average molecular weight is 444 g/mol. The molecule has 116 valence electrons. The Labute approximate surface area is 148 Å². The van der Waals surface area contributed by atoms with Gasteiger partial charge in [0.15, 0.2) is 9.84 Å². The van der Waals surface area contributed by atoms with Crippen LogP contribution in [0.3, 0.4) is 0 Å². The number of sulfone groups is 1. The molecule has 2 aromatic carbocycles. The maximum absolute atomic E-state index is 12.5. The normalized spacial score (nSPS) is 17.4. The lowest BCUT2D eigenvalue weighted by Gasteiger charge is -2.12. The van der Waals surface area contributed by atoms with Gasteiger partial charge in [0, 0.05) is 8.95 Å². The van der Waals surface area contributed by atoms with Gasteiger partial charge in [0.2, 0.25) is 0 Å². The molecular weight excluding hydrogens is 428 g/mol. The molecule has 0 atom stereocenters. The number of benzene rings is 2. The molecule has 4 aliphatic rings. The van der Waals surface area contributed by atoms with Crippen LogP contribution in [0.4, 0.5) is 0 Å². The summed E-state index contributed by atoms with van der Waals surface area (Å²) in [4.78, 5) is 0. The lowest BCUT2D eigenvalue weighted by Crippen LogP contribution is -2.09. The van der Waals surface area contributed by atoms with Gasteiger partial charge in [0.25, 0.3) is 0 Å². The Kier molecular flexibility index (Phi) is 4.76. The number of hydrogen-bond donors (Lipinski definition) is 0. The topological polar surface area (TPSA) is 34.1 Å². The van der Waals surface area contributed by atoms with E-state index in [2.05, 4.69) is 31.9 Å². The zero-order valence-electron chi connectivity index (χ0n) is 12.0. The van der Waals surface area contributed by atoms with Gasteiger partial charge < -0.3 is 0 Å². The van der Waals surface area contributed by atoms with Gasteiger partial charge in [-0.3, -0.25) is 0 Å². The lowest BCUT2D eigenvalue weighted by atomic mass is 10.0. The summed E-state index contributed by atoms with van der Waals surface area (Å²) < 4.78 is 26.8. The Morgan fingerprint density at radius 1 is 0.773 bits per heavy atom. The van der Waals surface area contributed by atoms with Gasteiger partial charge in [-0.1, -0.05) is 56.1 Å². The van der Waals surface area contributed by atoms with Gasteiger partial charge in [0.1, 0.15) is 0 Å². The smallest absolute Gasteiger partial charge is 0.158 e. The highest BCUT2D eigenvalue weighted by molar-refractivity contribution is 9.10. The van der Waals surface area contributed by atoms with Crippen molar-refractivity contribution in [3.05, 3.63) is 67.6 Å². The first-order chi connectivity index (χ1) is 10.4. The van der Waals surface area contributed by atoms with Crippen molar-refractivity contribution in [2.45, 2.75) is 30.8 Å². The van der Waals surface area contributed by atoms with Crippen molar-refractivity contribution < 1.29 is 8.42 Å². The minimum absolute atomic E-state index is 0.0627. The van der Waals surface area contributed by atoms with E-state index in [-0.39, 0.29) is 11.5 Å². The standard InChI is InChI=1S/C17H16Br2O2S/c18-16-9-13-5-6-14(16)3-1-2-12-4-7-15(17(19)8-12)11-22(20,21)10-13/h4-9H,1-3,10-11H2. The molecule has 2 aromatic rings.